The molecule has 0 saturated carbocycles. The molecule has 176 valence electrons. The average molecular weight is 474 g/mol. The molecule has 1 aliphatic heterocycles. The lowest BCUT2D eigenvalue weighted by atomic mass is 10.2. The second kappa shape index (κ2) is 8.13. The standard InChI is InChI=1S/C18H16F6N8O/c1-9-2-13(18(22,23)24)29-31(9)6-14(33)28-10-3-11(19)16(25-5-10)32-8-27-15(30-32)12-4-17(20,21)7-26-12/h2-3,5,8,12,26H,4,6-7H2,1H3,(H,28,33)/t12-/m1/s1. The molecule has 1 atom stereocenters. The third kappa shape index (κ3) is 4.97. The number of amides is 1. The maximum atomic E-state index is 14.5. The van der Waals surface area contributed by atoms with Crippen LogP contribution in [0.4, 0.5) is 32.0 Å². The van der Waals surface area contributed by atoms with Gasteiger partial charge < -0.3 is 10.6 Å². The number of hydrogen-bond acceptors (Lipinski definition) is 6. The molecule has 3 aromatic rings. The number of nitrogens with zero attached hydrogens (tertiary/aromatic N) is 6. The van der Waals surface area contributed by atoms with Gasteiger partial charge in [-0.15, -0.1) is 5.10 Å². The van der Waals surface area contributed by atoms with Crippen molar-refractivity contribution in [2.75, 3.05) is 11.9 Å². The van der Waals surface area contributed by atoms with Crippen molar-refractivity contribution in [1.82, 2.24) is 34.8 Å². The maximum Gasteiger partial charge on any atom is 0.435 e. The second-order valence-electron chi connectivity index (χ2n) is 7.44. The number of carbonyl (C=O) groups is 1. The summed E-state index contributed by atoms with van der Waals surface area (Å²) in [4.78, 5) is 19.9. The van der Waals surface area contributed by atoms with Gasteiger partial charge in [0.15, 0.2) is 23.2 Å². The topological polar surface area (TPSA) is 103 Å². The third-order valence-corrected chi connectivity index (χ3v) is 4.82. The minimum Gasteiger partial charge on any atom is -0.323 e. The molecule has 0 spiro atoms. The van der Waals surface area contributed by atoms with Crippen molar-refractivity contribution >= 4 is 11.6 Å². The van der Waals surface area contributed by atoms with Crippen LogP contribution in [0, 0.1) is 12.7 Å². The predicted molar refractivity (Wildman–Crippen MR) is 100 cm³/mol. The van der Waals surface area contributed by atoms with E-state index in [1.54, 1.807) is 0 Å². The molecule has 9 nitrogen and oxygen atoms in total. The van der Waals surface area contributed by atoms with Gasteiger partial charge in [-0.2, -0.15) is 23.0 Å². The van der Waals surface area contributed by atoms with Gasteiger partial charge in [0.1, 0.15) is 12.9 Å². The second-order valence-corrected chi connectivity index (χ2v) is 7.44. The number of alkyl halides is 5. The van der Waals surface area contributed by atoms with E-state index in [2.05, 4.69) is 30.8 Å². The van der Waals surface area contributed by atoms with E-state index in [0.717, 1.165) is 34.0 Å². The lowest BCUT2D eigenvalue weighted by Crippen LogP contribution is -2.21. The molecule has 0 aromatic carbocycles. The molecule has 0 unspecified atom stereocenters. The van der Waals surface area contributed by atoms with Crippen LogP contribution >= 0.6 is 0 Å². The van der Waals surface area contributed by atoms with Gasteiger partial charge in [-0.1, -0.05) is 0 Å². The third-order valence-electron chi connectivity index (χ3n) is 4.82. The molecule has 4 heterocycles. The van der Waals surface area contributed by atoms with Gasteiger partial charge >= 0.3 is 6.18 Å². The van der Waals surface area contributed by atoms with Crippen LogP contribution in [0.5, 0.6) is 0 Å². The Hall–Kier alpha value is -3.49. The van der Waals surface area contributed by atoms with Crippen LogP contribution in [-0.4, -0.2) is 47.9 Å². The summed E-state index contributed by atoms with van der Waals surface area (Å²) in [7, 11) is 0. The highest BCUT2D eigenvalue weighted by Crippen LogP contribution is 2.32. The van der Waals surface area contributed by atoms with Crippen LogP contribution in [0.2, 0.25) is 0 Å². The van der Waals surface area contributed by atoms with E-state index >= 15 is 0 Å². The molecule has 0 radical (unpaired) electrons. The van der Waals surface area contributed by atoms with Crippen molar-refractivity contribution < 1.29 is 31.1 Å². The Morgan fingerprint density at radius 1 is 1.27 bits per heavy atom. The van der Waals surface area contributed by atoms with E-state index in [1.165, 1.54) is 6.92 Å². The van der Waals surface area contributed by atoms with Gasteiger partial charge in [0, 0.05) is 18.2 Å². The summed E-state index contributed by atoms with van der Waals surface area (Å²) in [5.41, 5.74) is -1.07. The molecule has 4 rings (SSSR count). The first kappa shape index (κ1) is 22.7. The van der Waals surface area contributed by atoms with Gasteiger partial charge in [0.2, 0.25) is 5.91 Å². The Kier molecular flexibility index (Phi) is 5.59. The zero-order valence-electron chi connectivity index (χ0n) is 16.9. The smallest absolute Gasteiger partial charge is 0.323 e. The Morgan fingerprint density at radius 2 is 2.03 bits per heavy atom. The number of nitrogens with one attached hydrogen (secondary N) is 2. The number of pyridine rings is 1. The van der Waals surface area contributed by atoms with Crippen LogP contribution in [0.25, 0.3) is 5.82 Å². The zero-order chi connectivity index (χ0) is 24.0. The minimum absolute atomic E-state index is 0.0542. The number of aromatic nitrogens is 6. The number of aryl methyl sites for hydroxylation is 1. The van der Waals surface area contributed by atoms with Crippen molar-refractivity contribution in [3.05, 3.63) is 47.7 Å². The molecule has 1 fully saturated rings. The van der Waals surface area contributed by atoms with E-state index in [4.69, 9.17) is 0 Å². The first-order valence-corrected chi connectivity index (χ1v) is 9.51. The van der Waals surface area contributed by atoms with Gasteiger partial charge in [-0.05, 0) is 13.0 Å². The van der Waals surface area contributed by atoms with E-state index in [1.807, 2.05) is 0 Å². The van der Waals surface area contributed by atoms with Crippen molar-refractivity contribution in [1.29, 1.82) is 0 Å². The molecular formula is C18H16F6N8O. The summed E-state index contributed by atoms with van der Waals surface area (Å²) in [5, 5.41) is 12.2. The largest absolute Gasteiger partial charge is 0.435 e. The zero-order valence-corrected chi connectivity index (χ0v) is 16.9. The Bertz CT molecular complexity index is 1190. The van der Waals surface area contributed by atoms with E-state index in [9.17, 15) is 31.1 Å². The summed E-state index contributed by atoms with van der Waals surface area (Å²) >= 11 is 0. The average Bonchev–Trinajstić information content (AvgIpc) is 3.41. The fraction of sp³-hybridized carbons (Fsp3) is 0.389. The van der Waals surface area contributed by atoms with Crippen molar-refractivity contribution in [3.63, 3.8) is 0 Å². The molecule has 1 amide bonds. The van der Waals surface area contributed by atoms with Gasteiger partial charge in [0.05, 0.1) is 24.5 Å². The Morgan fingerprint density at radius 3 is 2.64 bits per heavy atom. The van der Waals surface area contributed by atoms with Crippen LogP contribution < -0.4 is 10.6 Å². The first-order valence-electron chi connectivity index (χ1n) is 9.51. The summed E-state index contributed by atoms with van der Waals surface area (Å²) in [5.74, 6) is -4.76. The van der Waals surface area contributed by atoms with Crippen LogP contribution in [0.1, 0.15) is 29.7 Å². The number of hydrogen-bond donors (Lipinski definition) is 2. The van der Waals surface area contributed by atoms with Crippen molar-refractivity contribution in [2.45, 2.75) is 38.0 Å². The number of carbonyl (C=O) groups excluding carboxylic acids is 1. The number of halogens is 6. The normalized spacial score (nSPS) is 18.0. The number of rotatable bonds is 5. The fourth-order valence-corrected chi connectivity index (χ4v) is 3.25. The maximum absolute atomic E-state index is 14.5. The monoisotopic (exact) mass is 474 g/mol. The van der Waals surface area contributed by atoms with Gasteiger partial charge in [-0.25, -0.2) is 23.1 Å². The quantitative estimate of drug-likeness (QED) is 0.552. The van der Waals surface area contributed by atoms with Crippen LogP contribution in [0.15, 0.2) is 24.7 Å². The van der Waals surface area contributed by atoms with E-state index in [0.29, 0.717) is 0 Å². The molecule has 1 saturated heterocycles. The highest BCUT2D eigenvalue weighted by Gasteiger charge is 2.41. The van der Waals surface area contributed by atoms with E-state index in [-0.39, 0.29) is 23.0 Å². The van der Waals surface area contributed by atoms with E-state index < -0.39 is 55.1 Å². The SMILES string of the molecule is Cc1cc(C(F)(F)F)nn1CC(=O)Nc1cnc(-n2cnc([C@H]3CC(F)(F)CN3)n2)c(F)c1. The first-order chi connectivity index (χ1) is 15.4. The molecular weight excluding hydrogens is 458 g/mol. The van der Waals surface area contributed by atoms with Gasteiger partial charge in [-0.3, -0.25) is 9.48 Å². The molecule has 15 heteroatoms. The molecule has 1 aliphatic rings. The lowest BCUT2D eigenvalue weighted by Gasteiger charge is -2.08. The molecule has 0 bridgehead atoms. The summed E-state index contributed by atoms with van der Waals surface area (Å²) in [6.45, 7) is 0.319. The highest BCUT2D eigenvalue weighted by molar-refractivity contribution is 5.90. The summed E-state index contributed by atoms with van der Waals surface area (Å²) in [6.07, 6.45) is -2.91. The molecule has 33 heavy (non-hydrogen) atoms. The molecule has 3 aromatic heterocycles. The van der Waals surface area contributed by atoms with Crippen molar-refractivity contribution in [3.8, 4) is 5.82 Å². The summed E-state index contributed by atoms with van der Waals surface area (Å²) < 4.78 is 81.3. The van der Waals surface area contributed by atoms with Gasteiger partial charge in [0.25, 0.3) is 5.92 Å². The summed E-state index contributed by atoms with van der Waals surface area (Å²) in [6, 6.07) is 0.949. The predicted octanol–water partition coefficient (Wildman–Crippen LogP) is 2.63. The Labute approximate surface area is 181 Å². The van der Waals surface area contributed by atoms with Crippen LogP contribution in [0.3, 0.4) is 0 Å². The fourth-order valence-electron chi connectivity index (χ4n) is 3.25. The minimum atomic E-state index is -4.65. The van der Waals surface area contributed by atoms with Crippen molar-refractivity contribution in [2.24, 2.45) is 0 Å². The van der Waals surface area contributed by atoms with Crippen LogP contribution in [-0.2, 0) is 17.5 Å². The number of anilines is 1. The highest BCUT2D eigenvalue weighted by atomic mass is 19.4. The molecule has 2 N–H and O–H groups in total. The Balaban J connectivity index is 1.43. The lowest BCUT2D eigenvalue weighted by molar-refractivity contribution is -0.141. The molecule has 0 aliphatic carbocycles.